The van der Waals surface area contributed by atoms with Crippen molar-refractivity contribution in [2.75, 3.05) is 25.5 Å². The lowest BCUT2D eigenvalue weighted by Gasteiger charge is -2.19. The Labute approximate surface area is 306 Å². The summed E-state index contributed by atoms with van der Waals surface area (Å²) in [6.45, 7) is 8.21. The average molecular weight is 701 g/mol. The van der Waals surface area contributed by atoms with Crippen molar-refractivity contribution in [3.05, 3.63) is 111 Å². The molecular formula is C43H48N4O5. The van der Waals surface area contributed by atoms with Gasteiger partial charge in [-0.25, -0.2) is 0 Å². The van der Waals surface area contributed by atoms with E-state index in [0.717, 1.165) is 93.7 Å². The van der Waals surface area contributed by atoms with Crippen molar-refractivity contribution in [2.24, 2.45) is 5.92 Å². The maximum absolute atomic E-state index is 13.2. The van der Waals surface area contributed by atoms with E-state index < -0.39 is 5.97 Å². The molecule has 0 saturated carbocycles. The first-order valence-corrected chi connectivity index (χ1v) is 18.2. The Morgan fingerprint density at radius 1 is 1.00 bits per heavy atom. The highest BCUT2D eigenvalue weighted by atomic mass is 16.5. The molecule has 3 aromatic carbocycles. The normalized spacial score (nSPS) is 17.4. The van der Waals surface area contributed by atoms with Crippen LogP contribution in [0.5, 0.6) is 5.75 Å². The molecule has 4 aromatic rings. The largest absolute Gasteiger partial charge is 0.496 e. The van der Waals surface area contributed by atoms with Crippen molar-refractivity contribution in [1.82, 2.24) is 15.2 Å². The van der Waals surface area contributed by atoms with Gasteiger partial charge in [-0.3, -0.25) is 24.3 Å². The number of aliphatic carboxylic acids is 1. The zero-order chi connectivity index (χ0) is 36.8. The molecule has 3 heterocycles. The number of hydrogen-bond donors (Lipinski definition) is 3. The van der Waals surface area contributed by atoms with Gasteiger partial charge in [-0.05, 0) is 122 Å². The fourth-order valence-corrected chi connectivity index (χ4v) is 7.38. The number of hydrogen-bond acceptors (Lipinski definition) is 6. The number of rotatable bonds is 13. The van der Waals surface area contributed by atoms with E-state index in [9.17, 15) is 19.5 Å². The molecule has 52 heavy (non-hydrogen) atoms. The molecule has 0 bridgehead atoms. The van der Waals surface area contributed by atoms with Crippen molar-refractivity contribution in [1.29, 1.82) is 0 Å². The lowest BCUT2D eigenvalue weighted by Crippen LogP contribution is -2.25. The second-order valence-corrected chi connectivity index (χ2v) is 14.1. The minimum absolute atomic E-state index is 0.143. The lowest BCUT2D eigenvalue weighted by molar-refractivity contribution is -0.141. The first-order valence-electron chi connectivity index (χ1n) is 18.2. The van der Waals surface area contributed by atoms with Crippen molar-refractivity contribution >= 4 is 35.6 Å². The van der Waals surface area contributed by atoms with E-state index in [1.54, 1.807) is 19.4 Å². The van der Waals surface area contributed by atoms with Crippen molar-refractivity contribution in [3.63, 3.8) is 0 Å². The Hall–Kier alpha value is -5.28. The number of aryl methyl sites for hydroxylation is 2. The van der Waals surface area contributed by atoms with Gasteiger partial charge in [0.15, 0.2) is 0 Å². The summed E-state index contributed by atoms with van der Waals surface area (Å²) < 4.78 is 5.77. The standard InChI is InChI=1S/C43H48N4O5/c1-27-22-34(26-47-21-20-33(25-47)43(50)51)40(52-4)23-32(27)16-15-31-9-6-11-36(28(31)2)37-12-7-13-38(29(37)3)46-42(49)39-18-14-30(24-44-39)8-5-10-35-17-19-41(48)45-35/h6-7,9,11-16,18,22-24,33,35H,5,8,10,17,19-21,25-26H2,1-4H3,(H,45,48)(H,46,49)(H,50,51)/b16-15+/t33-,35-/m1/s1. The summed E-state index contributed by atoms with van der Waals surface area (Å²) in [7, 11) is 1.67. The molecule has 2 aliphatic heterocycles. The Kier molecular flexibility index (Phi) is 11.5. The lowest BCUT2D eigenvalue weighted by atomic mass is 9.92. The molecule has 0 radical (unpaired) electrons. The van der Waals surface area contributed by atoms with Crippen LogP contribution < -0.4 is 15.4 Å². The molecule has 2 amide bonds. The van der Waals surface area contributed by atoms with Crippen LogP contribution in [0, 0.1) is 26.7 Å². The van der Waals surface area contributed by atoms with Gasteiger partial charge in [0.2, 0.25) is 5.91 Å². The van der Waals surface area contributed by atoms with Gasteiger partial charge in [-0.1, -0.05) is 54.6 Å². The molecule has 9 heteroatoms. The summed E-state index contributed by atoms with van der Waals surface area (Å²) in [4.78, 5) is 42.8. The molecule has 2 saturated heterocycles. The highest BCUT2D eigenvalue weighted by molar-refractivity contribution is 6.03. The number of pyridine rings is 1. The van der Waals surface area contributed by atoms with E-state index in [4.69, 9.17) is 4.74 Å². The van der Waals surface area contributed by atoms with Gasteiger partial charge in [-0.2, -0.15) is 0 Å². The highest BCUT2D eigenvalue weighted by Gasteiger charge is 2.28. The molecule has 2 fully saturated rings. The molecule has 3 N–H and O–H groups in total. The van der Waals surface area contributed by atoms with Gasteiger partial charge < -0.3 is 20.5 Å². The van der Waals surface area contributed by atoms with Crippen LogP contribution in [0.15, 0.2) is 66.9 Å². The number of nitrogens with one attached hydrogen (secondary N) is 2. The van der Waals surface area contributed by atoms with E-state index in [2.05, 4.69) is 82.9 Å². The first-order chi connectivity index (χ1) is 25.1. The van der Waals surface area contributed by atoms with E-state index in [1.165, 1.54) is 0 Å². The molecular weight excluding hydrogens is 652 g/mol. The number of aromatic nitrogens is 1. The van der Waals surface area contributed by atoms with Crippen molar-refractivity contribution in [3.8, 4) is 16.9 Å². The SMILES string of the molecule is COc1cc(/C=C/c2cccc(-c3cccc(NC(=O)c4ccc(CCC[C@@H]5CCC(=O)N5)cn4)c3C)c2C)c(C)cc1CN1CC[C@@H](C(=O)O)C1. The fourth-order valence-electron chi connectivity index (χ4n) is 7.38. The molecule has 9 nitrogen and oxygen atoms in total. The summed E-state index contributed by atoms with van der Waals surface area (Å²) in [6, 6.07) is 20.4. The molecule has 1 aromatic heterocycles. The van der Waals surface area contributed by atoms with Crippen LogP contribution in [0.25, 0.3) is 23.3 Å². The average Bonchev–Trinajstić information content (AvgIpc) is 3.78. The summed E-state index contributed by atoms with van der Waals surface area (Å²) in [6.07, 6.45) is 11.0. The number of carbonyl (C=O) groups excluding carboxylic acids is 2. The number of carbonyl (C=O) groups is 3. The predicted octanol–water partition coefficient (Wildman–Crippen LogP) is 7.61. The number of carboxylic acids is 1. The van der Waals surface area contributed by atoms with Crippen LogP contribution in [0.4, 0.5) is 5.69 Å². The molecule has 2 aliphatic rings. The van der Waals surface area contributed by atoms with Crippen LogP contribution in [0.1, 0.15) is 81.5 Å². The van der Waals surface area contributed by atoms with E-state index >= 15 is 0 Å². The third kappa shape index (κ3) is 8.60. The van der Waals surface area contributed by atoms with Crippen molar-refractivity contribution in [2.45, 2.75) is 71.9 Å². The summed E-state index contributed by atoms with van der Waals surface area (Å²) >= 11 is 0. The molecule has 0 aliphatic carbocycles. The topological polar surface area (TPSA) is 121 Å². The summed E-state index contributed by atoms with van der Waals surface area (Å²) in [5.74, 6) is -0.354. The fraction of sp³-hybridized carbons (Fsp3) is 0.349. The van der Waals surface area contributed by atoms with Crippen LogP contribution in [0.2, 0.25) is 0 Å². The Morgan fingerprint density at radius 3 is 2.46 bits per heavy atom. The third-order valence-corrected chi connectivity index (χ3v) is 10.5. The maximum atomic E-state index is 13.2. The molecule has 2 atom stereocenters. The number of amides is 2. The van der Waals surface area contributed by atoms with Crippen molar-refractivity contribution < 1.29 is 24.2 Å². The summed E-state index contributed by atoms with van der Waals surface area (Å²) in [5.41, 5.74) is 10.7. The second kappa shape index (κ2) is 16.4. The van der Waals surface area contributed by atoms with Gasteiger partial charge in [0.05, 0.1) is 13.0 Å². The van der Waals surface area contributed by atoms with Crippen LogP contribution in [-0.4, -0.2) is 59.0 Å². The minimum Gasteiger partial charge on any atom is -0.496 e. The van der Waals surface area contributed by atoms with E-state index in [-0.39, 0.29) is 23.8 Å². The Bertz CT molecular complexity index is 1990. The number of nitrogens with zero attached hydrogens (tertiary/aromatic N) is 2. The van der Waals surface area contributed by atoms with Gasteiger partial charge in [0.25, 0.3) is 5.91 Å². The van der Waals surface area contributed by atoms with Gasteiger partial charge >= 0.3 is 5.97 Å². The van der Waals surface area contributed by atoms with E-state index in [0.29, 0.717) is 31.6 Å². The molecule has 0 spiro atoms. The molecule has 6 rings (SSSR count). The summed E-state index contributed by atoms with van der Waals surface area (Å²) in [5, 5.41) is 15.5. The maximum Gasteiger partial charge on any atom is 0.307 e. The first kappa shape index (κ1) is 36.5. The zero-order valence-electron chi connectivity index (χ0n) is 30.5. The predicted molar refractivity (Wildman–Crippen MR) is 205 cm³/mol. The number of likely N-dealkylation sites (tertiary alicyclic amines) is 1. The van der Waals surface area contributed by atoms with E-state index in [1.807, 2.05) is 25.1 Å². The van der Waals surface area contributed by atoms with Gasteiger partial charge in [0, 0.05) is 43.0 Å². The highest BCUT2D eigenvalue weighted by Crippen LogP contribution is 2.34. The number of ether oxygens (including phenoxy) is 1. The second-order valence-electron chi connectivity index (χ2n) is 14.1. The van der Waals surface area contributed by atoms with Crippen LogP contribution in [0.3, 0.4) is 0 Å². The number of anilines is 1. The zero-order valence-corrected chi connectivity index (χ0v) is 30.5. The molecule has 0 unspecified atom stereocenters. The monoisotopic (exact) mass is 700 g/mol. The molecule has 270 valence electrons. The third-order valence-electron chi connectivity index (χ3n) is 10.5. The smallest absolute Gasteiger partial charge is 0.307 e. The van der Waals surface area contributed by atoms with Gasteiger partial charge in [0.1, 0.15) is 11.4 Å². The van der Waals surface area contributed by atoms with Crippen LogP contribution >= 0.6 is 0 Å². The van der Waals surface area contributed by atoms with Gasteiger partial charge in [-0.15, -0.1) is 0 Å². The number of methoxy groups -OCH3 is 1. The quantitative estimate of drug-likeness (QED) is 0.123. The number of benzene rings is 3. The minimum atomic E-state index is -0.726. The Morgan fingerprint density at radius 2 is 1.77 bits per heavy atom. The number of carboxylic acid groups (broad SMARTS) is 1. The Balaban J connectivity index is 1.12. The van der Waals surface area contributed by atoms with Crippen LogP contribution in [-0.2, 0) is 22.6 Å².